The molecule has 1 heterocycles. The molecule has 0 aliphatic rings. The third-order valence-corrected chi connectivity index (χ3v) is 3.57. The highest BCUT2D eigenvalue weighted by molar-refractivity contribution is 5.99. The third kappa shape index (κ3) is 4.33. The number of ether oxygens (including phenoxy) is 1. The minimum atomic E-state index is -5.29. The Bertz CT molecular complexity index is 857. The van der Waals surface area contributed by atoms with Crippen molar-refractivity contribution in [2.45, 2.75) is 18.8 Å². The van der Waals surface area contributed by atoms with Crippen molar-refractivity contribution in [1.29, 1.82) is 0 Å². The van der Waals surface area contributed by atoms with Crippen molar-refractivity contribution < 1.29 is 36.9 Å². The Hall–Kier alpha value is -3.17. The summed E-state index contributed by atoms with van der Waals surface area (Å²) < 4.78 is 59.2. The Labute approximate surface area is 151 Å². The minimum absolute atomic E-state index is 0.197. The normalized spacial score (nSPS) is 13.4. The van der Waals surface area contributed by atoms with Crippen LogP contribution >= 0.6 is 0 Å². The maximum atomic E-state index is 13.9. The molecule has 2 rings (SSSR count). The zero-order chi connectivity index (χ0) is 20.2. The van der Waals surface area contributed by atoms with E-state index in [1.54, 1.807) is 18.3 Å². The van der Waals surface area contributed by atoms with Crippen molar-refractivity contribution in [3.63, 3.8) is 0 Å². The number of aromatic amines is 1. The molecular formula is C17H16F4N3O3+. The molecule has 0 aliphatic carbocycles. The van der Waals surface area contributed by atoms with Gasteiger partial charge in [-0.25, -0.2) is 19.5 Å². The first-order valence-electron chi connectivity index (χ1n) is 7.59. The Morgan fingerprint density at radius 2 is 1.78 bits per heavy atom. The minimum Gasteiger partial charge on any atom is -0.464 e. The van der Waals surface area contributed by atoms with E-state index in [4.69, 9.17) is 0 Å². The van der Waals surface area contributed by atoms with Gasteiger partial charge in [0.05, 0.1) is 12.8 Å². The van der Waals surface area contributed by atoms with Gasteiger partial charge in [-0.2, -0.15) is 13.2 Å². The number of benzene rings is 1. The highest BCUT2D eigenvalue weighted by atomic mass is 19.4. The van der Waals surface area contributed by atoms with Crippen LogP contribution in [0.1, 0.15) is 16.1 Å². The lowest BCUT2D eigenvalue weighted by atomic mass is 10.1. The molecule has 0 unspecified atom stereocenters. The van der Waals surface area contributed by atoms with E-state index in [-0.39, 0.29) is 5.82 Å². The number of alkyl halides is 3. The van der Waals surface area contributed by atoms with E-state index in [1.165, 1.54) is 12.1 Å². The summed E-state index contributed by atoms with van der Waals surface area (Å²) >= 11 is 0. The second-order valence-corrected chi connectivity index (χ2v) is 5.58. The number of rotatable bonds is 5. The molecule has 0 radical (unpaired) electrons. The summed E-state index contributed by atoms with van der Waals surface area (Å²) in [5, 5.41) is 3.55. The SMILES string of the molecule is COC(=O)[C@@](NC(=O)c1cccc(F)c1)(Nc1cccc(C)[nH+]1)C(F)(F)F. The number of aryl methyl sites for hydroxylation is 1. The van der Waals surface area contributed by atoms with Crippen LogP contribution in [0.4, 0.5) is 23.4 Å². The van der Waals surface area contributed by atoms with Crippen molar-refractivity contribution in [3.05, 3.63) is 59.5 Å². The zero-order valence-corrected chi connectivity index (χ0v) is 14.3. The molecule has 0 saturated heterocycles. The second kappa shape index (κ2) is 7.60. The largest absolute Gasteiger partial charge is 0.464 e. The molecule has 1 amide bonds. The smallest absolute Gasteiger partial charge is 0.464 e. The van der Waals surface area contributed by atoms with Crippen molar-refractivity contribution in [2.75, 3.05) is 12.4 Å². The number of hydrogen-bond acceptors (Lipinski definition) is 4. The summed E-state index contributed by atoms with van der Waals surface area (Å²) in [6.45, 7) is 1.59. The molecule has 1 atom stereocenters. The summed E-state index contributed by atoms with van der Waals surface area (Å²) in [6, 6.07) is 8.30. The molecule has 144 valence electrons. The summed E-state index contributed by atoms with van der Waals surface area (Å²) in [6.07, 6.45) is -5.29. The maximum Gasteiger partial charge on any atom is 0.464 e. The van der Waals surface area contributed by atoms with E-state index in [9.17, 15) is 27.2 Å². The Kier molecular flexibility index (Phi) is 5.67. The molecule has 27 heavy (non-hydrogen) atoms. The second-order valence-electron chi connectivity index (χ2n) is 5.58. The summed E-state index contributed by atoms with van der Waals surface area (Å²) in [7, 11) is 0.749. The molecule has 0 saturated carbocycles. The van der Waals surface area contributed by atoms with Gasteiger partial charge in [0.2, 0.25) is 0 Å². The molecule has 0 bridgehead atoms. The van der Waals surface area contributed by atoms with Gasteiger partial charge in [-0.15, -0.1) is 0 Å². The number of aromatic nitrogens is 1. The van der Waals surface area contributed by atoms with Crippen LogP contribution in [0.3, 0.4) is 0 Å². The molecule has 0 aliphatic heterocycles. The Morgan fingerprint density at radius 1 is 1.11 bits per heavy atom. The zero-order valence-electron chi connectivity index (χ0n) is 14.3. The average Bonchev–Trinajstić information content (AvgIpc) is 2.59. The molecular weight excluding hydrogens is 370 g/mol. The number of carbonyl (C=O) groups excluding carboxylic acids is 2. The first-order chi connectivity index (χ1) is 12.6. The van der Waals surface area contributed by atoms with E-state index in [0.29, 0.717) is 5.69 Å². The van der Waals surface area contributed by atoms with E-state index < -0.39 is 35.1 Å². The summed E-state index contributed by atoms with van der Waals surface area (Å²) in [4.78, 5) is 27.0. The van der Waals surface area contributed by atoms with Gasteiger partial charge in [-0.1, -0.05) is 12.1 Å². The predicted molar refractivity (Wildman–Crippen MR) is 86.0 cm³/mol. The number of amides is 1. The number of esters is 1. The fourth-order valence-corrected chi connectivity index (χ4v) is 2.28. The van der Waals surface area contributed by atoms with Crippen molar-refractivity contribution >= 4 is 17.7 Å². The molecule has 3 N–H and O–H groups in total. The number of methoxy groups -OCH3 is 1. The molecule has 0 fully saturated rings. The van der Waals surface area contributed by atoms with Gasteiger partial charge in [0.1, 0.15) is 5.82 Å². The van der Waals surface area contributed by atoms with Crippen LogP contribution in [0.25, 0.3) is 0 Å². The number of H-pyrrole nitrogens is 1. The number of nitrogens with one attached hydrogen (secondary N) is 3. The van der Waals surface area contributed by atoms with Crippen LogP contribution in [0.5, 0.6) is 0 Å². The first-order valence-corrected chi connectivity index (χ1v) is 7.59. The van der Waals surface area contributed by atoms with Crippen LogP contribution < -0.4 is 15.6 Å². The Morgan fingerprint density at radius 3 is 2.33 bits per heavy atom. The molecule has 1 aromatic heterocycles. The van der Waals surface area contributed by atoms with Gasteiger partial charge in [0, 0.05) is 11.6 Å². The lowest BCUT2D eigenvalue weighted by Gasteiger charge is -2.30. The van der Waals surface area contributed by atoms with Crippen LogP contribution in [-0.4, -0.2) is 30.8 Å². The van der Waals surface area contributed by atoms with E-state index >= 15 is 0 Å². The molecule has 2 aromatic rings. The van der Waals surface area contributed by atoms with Crippen LogP contribution in [0.15, 0.2) is 42.5 Å². The van der Waals surface area contributed by atoms with Crippen LogP contribution in [0, 0.1) is 12.7 Å². The number of hydrogen-bond donors (Lipinski definition) is 2. The lowest BCUT2D eigenvalue weighted by molar-refractivity contribution is -0.372. The quantitative estimate of drug-likeness (QED) is 0.469. The number of anilines is 1. The molecule has 1 aromatic carbocycles. The van der Waals surface area contributed by atoms with Crippen molar-refractivity contribution in [1.82, 2.24) is 5.32 Å². The van der Waals surface area contributed by atoms with Crippen molar-refractivity contribution in [2.24, 2.45) is 0 Å². The van der Waals surface area contributed by atoms with Gasteiger partial charge < -0.3 is 4.74 Å². The van der Waals surface area contributed by atoms with Gasteiger partial charge in [-0.3, -0.25) is 10.1 Å². The number of halogens is 4. The van der Waals surface area contributed by atoms with E-state index in [1.807, 2.05) is 5.32 Å². The maximum absolute atomic E-state index is 13.9. The van der Waals surface area contributed by atoms with Crippen LogP contribution in [0.2, 0.25) is 0 Å². The number of carbonyl (C=O) groups is 2. The highest BCUT2D eigenvalue weighted by Gasteiger charge is 2.67. The monoisotopic (exact) mass is 386 g/mol. The van der Waals surface area contributed by atoms with Gasteiger partial charge in [0.25, 0.3) is 11.7 Å². The van der Waals surface area contributed by atoms with Gasteiger partial charge in [-0.05, 0) is 31.2 Å². The van der Waals surface area contributed by atoms with Gasteiger partial charge >= 0.3 is 17.8 Å². The standard InChI is InChI=1S/C17H15F4N3O3/c1-10-5-3-8-13(22-10)23-16(15(26)27-2,17(19,20)21)24-14(25)11-6-4-7-12(18)9-11/h3-9H,1-2H3,(H,22,23)(H,24,25)/p+1/t16-/m0/s1. The number of pyridine rings is 1. The summed E-state index contributed by atoms with van der Waals surface area (Å²) in [5.41, 5.74) is -3.50. The van der Waals surface area contributed by atoms with Crippen LogP contribution in [-0.2, 0) is 9.53 Å². The topological polar surface area (TPSA) is 81.6 Å². The highest BCUT2D eigenvalue weighted by Crippen LogP contribution is 2.32. The molecule has 6 nitrogen and oxygen atoms in total. The molecule has 0 spiro atoms. The van der Waals surface area contributed by atoms with E-state index in [2.05, 4.69) is 9.72 Å². The van der Waals surface area contributed by atoms with Gasteiger partial charge in [0.15, 0.2) is 0 Å². The predicted octanol–water partition coefficient (Wildman–Crippen LogP) is 2.22. The van der Waals surface area contributed by atoms with E-state index in [0.717, 1.165) is 31.4 Å². The lowest BCUT2D eigenvalue weighted by Crippen LogP contribution is -2.69. The Balaban J connectivity index is 2.50. The first kappa shape index (κ1) is 20.1. The molecule has 10 heteroatoms. The fourth-order valence-electron chi connectivity index (χ4n) is 2.28. The third-order valence-electron chi connectivity index (χ3n) is 3.57. The fraction of sp³-hybridized carbons (Fsp3) is 0.235. The average molecular weight is 386 g/mol. The summed E-state index contributed by atoms with van der Waals surface area (Å²) in [5.74, 6) is -4.14. The van der Waals surface area contributed by atoms with Crippen molar-refractivity contribution in [3.8, 4) is 0 Å².